The normalized spacial score (nSPS) is 17.3. The minimum atomic E-state index is -1.71. The standard InChI is InChI=1S/C19H18FN7O4.C17H15FN8O3.CH4/c1-3-31-17(29)19(2)11-12(21)22-14(23-13(11)24-16(19)28)15-25-18(30)27(26-15)8-9-6-4-5-7-10(9)20;1-17(14(20)27)9-10(19)21-12(22-11(9)23-15(17)28)13-24-16(29)26(25-13)6-7-4-2-3-5-8(7)18;/h4-7H,3,8H2,1-2H3,(H,25,26,30)(H3,21,22,23,24,28);2-5H,6H2,1H3,(H2,20,27)(H,24,25,29)(H3,19,21,22,23,28);1H4. The van der Waals surface area contributed by atoms with Gasteiger partial charge in [0.2, 0.25) is 29.4 Å². The fourth-order valence-electron chi connectivity index (χ4n) is 6.44. The van der Waals surface area contributed by atoms with Gasteiger partial charge < -0.3 is 32.6 Å². The molecule has 2 unspecified atom stereocenters. The van der Waals surface area contributed by atoms with Crippen LogP contribution in [0.4, 0.5) is 32.1 Å². The molecule has 4 aromatic heterocycles. The summed E-state index contributed by atoms with van der Waals surface area (Å²) in [5.74, 6) is -4.48. The molecule has 2 aliphatic heterocycles. The third kappa shape index (κ3) is 7.29. The van der Waals surface area contributed by atoms with Crippen molar-refractivity contribution in [2.75, 3.05) is 28.7 Å². The van der Waals surface area contributed by atoms with Crippen molar-refractivity contribution in [1.82, 2.24) is 49.5 Å². The number of amides is 3. The predicted molar refractivity (Wildman–Crippen MR) is 212 cm³/mol. The van der Waals surface area contributed by atoms with E-state index in [1.165, 1.54) is 50.2 Å². The molecule has 2 aromatic carbocycles. The quantitative estimate of drug-likeness (QED) is 0.0778. The first kappa shape index (κ1) is 42.4. The molecule has 10 N–H and O–H groups in total. The molecule has 2 atom stereocenters. The van der Waals surface area contributed by atoms with E-state index in [-0.39, 0.29) is 95.9 Å². The van der Waals surface area contributed by atoms with Gasteiger partial charge in [-0.15, -0.1) is 10.2 Å². The van der Waals surface area contributed by atoms with Crippen molar-refractivity contribution in [1.29, 1.82) is 0 Å². The Bertz CT molecular complexity index is 2890. The van der Waals surface area contributed by atoms with E-state index in [4.69, 9.17) is 21.9 Å². The fourth-order valence-corrected chi connectivity index (χ4v) is 6.44. The van der Waals surface area contributed by atoms with Crippen molar-refractivity contribution in [2.24, 2.45) is 5.73 Å². The van der Waals surface area contributed by atoms with Gasteiger partial charge in [0.1, 0.15) is 34.9 Å². The lowest BCUT2D eigenvalue weighted by Gasteiger charge is -2.20. The minimum absolute atomic E-state index is 0. The number of ether oxygens (including phenoxy) is 1. The van der Waals surface area contributed by atoms with Crippen LogP contribution in [0, 0.1) is 11.6 Å². The highest BCUT2D eigenvalue weighted by Gasteiger charge is 2.54. The molecule has 6 aromatic rings. The zero-order valence-electron chi connectivity index (χ0n) is 31.7. The molecule has 0 spiro atoms. The Morgan fingerprint density at radius 1 is 0.705 bits per heavy atom. The van der Waals surface area contributed by atoms with Crippen LogP contribution in [-0.4, -0.2) is 79.8 Å². The third-order valence-corrected chi connectivity index (χ3v) is 9.76. The van der Waals surface area contributed by atoms with Crippen LogP contribution in [-0.2, 0) is 47.8 Å². The zero-order chi connectivity index (χ0) is 43.3. The summed E-state index contributed by atoms with van der Waals surface area (Å²) < 4.78 is 34.8. The summed E-state index contributed by atoms with van der Waals surface area (Å²) in [5.41, 5.74) is 13.4. The summed E-state index contributed by atoms with van der Waals surface area (Å²) in [6.45, 7) is 4.17. The maximum atomic E-state index is 13.9. The average molecular weight is 842 g/mol. The van der Waals surface area contributed by atoms with Gasteiger partial charge in [0.25, 0.3) is 0 Å². The summed E-state index contributed by atoms with van der Waals surface area (Å²) in [6, 6.07) is 12.0. The van der Waals surface area contributed by atoms with Gasteiger partial charge in [0.15, 0.2) is 22.5 Å². The molecule has 0 aliphatic carbocycles. The molecule has 316 valence electrons. The van der Waals surface area contributed by atoms with Crippen LogP contribution in [0.5, 0.6) is 0 Å². The molecule has 6 heterocycles. The van der Waals surface area contributed by atoms with Gasteiger partial charge in [0.05, 0.1) is 30.8 Å². The van der Waals surface area contributed by atoms with Gasteiger partial charge in [-0.1, -0.05) is 43.8 Å². The van der Waals surface area contributed by atoms with Crippen molar-refractivity contribution in [3.05, 3.63) is 103 Å². The van der Waals surface area contributed by atoms with Gasteiger partial charge in [-0.25, -0.2) is 47.7 Å². The van der Waals surface area contributed by atoms with Gasteiger partial charge in [-0.05, 0) is 32.9 Å². The molecular weight excluding hydrogens is 805 g/mol. The second-order valence-electron chi connectivity index (χ2n) is 13.6. The Kier molecular flexibility index (Phi) is 11.0. The Morgan fingerprint density at radius 3 is 1.52 bits per heavy atom. The van der Waals surface area contributed by atoms with Crippen molar-refractivity contribution < 1.29 is 32.7 Å². The molecule has 0 saturated carbocycles. The smallest absolute Gasteiger partial charge is 0.343 e. The SMILES string of the molecule is C.CC1(C(N)=O)C(=O)Nc2nc(-c3nn(Cc4ccccc4F)c(=O)[nH]3)nc(N)c21.CCOC(=O)C1(C)C(=O)Nc2nc(-c3nn(Cc4ccccc4F)c(=O)[nH]3)nc(N)c21. The van der Waals surface area contributed by atoms with Crippen LogP contribution in [0.15, 0.2) is 58.1 Å². The van der Waals surface area contributed by atoms with Crippen molar-refractivity contribution in [2.45, 2.75) is 52.1 Å². The topological polar surface area (TPSA) is 333 Å². The van der Waals surface area contributed by atoms with E-state index in [1.54, 1.807) is 19.1 Å². The Hall–Kier alpha value is -8.18. The van der Waals surface area contributed by atoms with E-state index in [1.807, 2.05) is 0 Å². The van der Waals surface area contributed by atoms with Crippen molar-refractivity contribution in [3.8, 4) is 23.3 Å². The van der Waals surface area contributed by atoms with Crippen LogP contribution in [0.1, 0.15) is 50.5 Å². The summed E-state index contributed by atoms with van der Waals surface area (Å²) in [7, 11) is 0. The fraction of sp³-hybridized carbons (Fsp3) is 0.243. The maximum Gasteiger partial charge on any atom is 0.343 e. The van der Waals surface area contributed by atoms with Crippen LogP contribution < -0.4 is 39.2 Å². The number of nitrogens with zero attached hydrogens (tertiary/aromatic N) is 8. The first-order chi connectivity index (χ1) is 28.5. The molecular formula is C37H37F2N15O7. The number of rotatable bonds is 9. The molecule has 61 heavy (non-hydrogen) atoms. The first-order valence-electron chi connectivity index (χ1n) is 17.7. The van der Waals surface area contributed by atoms with Gasteiger partial charge in [-0.2, -0.15) is 0 Å². The molecule has 24 heteroatoms. The molecule has 0 fully saturated rings. The van der Waals surface area contributed by atoms with Crippen LogP contribution in [0.3, 0.4) is 0 Å². The van der Waals surface area contributed by atoms with E-state index >= 15 is 0 Å². The highest BCUT2D eigenvalue weighted by atomic mass is 19.1. The van der Waals surface area contributed by atoms with E-state index < -0.39 is 57.5 Å². The number of benzene rings is 2. The summed E-state index contributed by atoms with van der Waals surface area (Å²) in [6.07, 6.45) is 0. The number of H-pyrrole nitrogens is 2. The van der Waals surface area contributed by atoms with Crippen LogP contribution >= 0.6 is 0 Å². The molecule has 22 nitrogen and oxygen atoms in total. The van der Waals surface area contributed by atoms with E-state index in [0.717, 1.165) is 9.36 Å². The number of aromatic nitrogens is 10. The highest BCUT2D eigenvalue weighted by molar-refractivity contribution is 6.21. The number of halogens is 2. The number of carbonyl (C=O) groups excluding carboxylic acids is 4. The van der Waals surface area contributed by atoms with Crippen LogP contribution in [0.25, 0.3) is 23.3 Å². The Balaban J connectivity index is 0.000000201. The second-order valence-corrected chi connectivity index (χ2v) is 13.6. The number of anilines is 4. The maximum absolute atomic E-state index is 13.9. The molecule has 0 radical (unpaired) electrons. The number of carbonyl (C=O) groups is 4. The summed E-state index contributed by atoms with van der Waals surface area (Å²) in [5, 5.41) is 13.1. The van der Waals surface area contributed by atoms with Crippen LogP contribution in [0.2, 0.25) is 0 Å². The number of nitrogens with two attached hydrogens (primary N) is 3. The second kappa shape index (κ2) is 15.9. The summed E-state index contributed by atoms with van der Waals surface area (Å²) in [4.78, 5) is 94.9. The van der Waals surface area contributed by atoms with Gasteiger partial charge >= 0.3 is 17.3 Å². The largest absolute Gasteiger partial charge is 0.465 e. The minimum Gasteiger partial charge on any atom is -0.465 e. The Labute approximate surface area is 342 Å². The number of fused-ring (bicyclic) bond motifs is 2. The lowest BCUT2D eigenvalue weighted by molar-refractivity contribution is -0.152. The van der Waals surface area contributed by atoms with Gasteiger partial charge in [-0.3, -0.25) is 29.1 Å². The third-order valence-electron chi connectivity index (χ3n) is 9.76. The molecule has 0 bridgehead atoms. The lowest BCUT2D eigenvalue weighted by atomic mass is 9.84. The van der Waals surface area contributed by atoms with E-state index in [9.17, 15) is 37.5 Å². The van der Waals surface area contributed by atoms with E-state index in [2.05, 4.69) is 50.7 Å². The Morgan fingerprint density at radius 2 is 1.11 bits per heavy atom. The number of primary amides is 1. The highest BCUT2D eigenvalue weighted by Crippen LogP contribution is 2.42. The van der Waals surface area contributed by atoms with E-state index in [0.29, 0.717) is 0 Å². The molecule has 0 saturated heterocycles. The first-order valence-corrected chi connectivity index (χ1v) is 17.7. The number of nitrogens with one attached hydrogen (secondary N) is 4. The number of nitrogen functional groups attached to an aromatic ring is 2. The number of aromatic amines is 2. The average Bonchev–Trinajstić information content (AvgIpc) is 3.91. The zero-order valence-corrected chi connectivity index (χ0v) is 31.7. The monoisotopic (exact) mass is 841 g/mol. The number of esters is 1. The molecule has 2 aliphatic rings. The van der Waals surface area contributed by atoms with Crippen molar-refractivity contribution in [3.63, 3.8) is 0 Å². The van der Waals surface area contributed by atoms with Gasteiger partial charge in [0, 0.05) is 11.1 Å². The lowest BCUT2D eigenvalue weighted by Crippen LogP contribution is -2.44. The number of hydrogen-bond donors (Lipinski definition) is 7. The van der Waals surface area contributed by atoms with Crippen molar-refractivity contribution >= 4 is 47.0 Å². The molecule has 8 rings (SSSR count). The predicted octanol–water partition coefficient (Wildman–Crippen LogP) is 0.700. The summed E-state index contributed by atoms with van der Waals surface area (Å²) >= 11 is 0. The number of hydrogen-bond acceptors (Lipinski definition) is 15. The molecule has 3 amide bonds.